The lowest BCUT2D eigenvalue weighted by molar-refractivity contribution is 0.116. The Morgan fingerprint density at radius 1 is 1.58 bits per heavy atom. The molecule has 1 aliphatic rings. The Bertz CT molecular complexity index is 173. The molecule has 1 saturated heterocycles. The molecular formula is C6H13O5P. The van der Waals surface area contributed by atoms with Crippen LogP contribution in [-0.4, -0.2) is 41.9 Å². The summed E-state index contributed by atoms with van der Waals surface area (Å²) in [4.78, 5) is 16.9. The first-order valence-corrected chi connectivity index (χ1v) is 5.61. The zero-order chi connectivity index (χ0) is 9.03. The molecule has 72 valence electrons. The van der Waals surface area contributed by atoms with Crippen LogP contribution in [-0.2, 0) is 14.0 Å². The van der Waals surface area contributed by atoms with E-state index in [0.29, 0.717) is 19.6 Å². The van der Waals surface area contributed by atoms with E-state index in [4.69, 9.17) is 19.3 Å². The SMILES string of the molecule is O=P(O)(O)CCCOCC1CO1. The summed E-state index contributed by atoms with van der Waals surface area (Å²) in [6, 6.07) is 0. The highest BCUT2D eigenvalue weighted by molar-refractivity contribution is 7.51. The lowest BCUT2D eigenvalue weighted by atomic mass is 10.5. The van der Waals surface area contributed by atoms with Crippen molar-refractivity contribution in [2.75, 3.05) is 26.0 Å². The second kappa shape index (κ2) is 4.35. The van der Waals surface area contributed by atoms with Crippen LogP contribution in [0.2, 0.25) is 0 Å². The maximum atomic E-state index is 10.4. The molecule has 0 spiro atoms. The molecule has 5 nitrogen and oxygen atoms in total. The van der Waals surface area contributed by atoms with Crippen molar-refractivity contribution in [3.8, 4) is 0 Å². The van der Waals surface area contributed by atoms with Gasteiger partial charge >= 0.3 is 7.60 Å². The monoisotopic (exact) mass is 196 g/mol. The van der Waals surface area contributed by atoms with Crippen molar-refractivity contribution in [1.29, 1.82) is 0 Å². The van der Waals surface area contributed by atoms with Gasteiger partial charge in [-0.2, -0.15) is 0 Å². The van der Waals surface area contributed by atoms with Crippen molar-refractivity contribution in [2.24, 2.45) is 0 Å². The zero-order valence-electron chi connectivity index (χ0n) is 6.68. The van der Waals surface area contributed by atoms with E-state index in [1.54, 1.807) is 0 Å². The first-order chi connectivity index (χ1) is 5.58. The van der Waals surface area contributed by atoms with Gasteiger partial charge in [0.05, 0.1) is 19.4 Å². The largest absolute Gasteiger partial charge is 0.379 e. The molecule has 1 heterocycles. The topological polar surface area (TPSA) is 79.3 Å². The Morgan fingerprint density at radius 2 is 2.25 bits per heavy atom. The van der Waals surface area contributed by atoms with Gasteiger partial charge in [-0.1, -0.05) is 0 Å². The predicted octanol–water partition coefficient (Wildman–Crippen LogP) is -0.0304. The van der Waals surface area contributed by atoms with Gasteiger partial charge in [-0.3, -0.25) is 4.57 Å². The van der Waals surface area contributed by atoms with Gasteiger partial charge in [-0.25, -0.2) is 0 Å². The Kier molecular flexibility index (Phi) is 3.68. The first kappa shape index (κ1) is 10.2. The summed E-state index contributed by atoms with van der Waals surface area (Å²) >= 11 is 0. The molecule has 1 unspecified atom stereocenters. The number of ether oxygens (including phenoxy) is 2. The molecule has 1 rings (SSSR count). The molecule has 1 aliphatic heterocycles. The number of hydrogen-bond donors (Lipinski definition) is 2. The minimum atomic E-state index is -3.83. The van der Waals surface area contributed by atoms with Crippen molar-refractivity contribution >= 4 is 7.60 Å². The Hall–Kier alpha value is 0.0700. The fraction of sp³-hybridized carbons (Fsp3) is 1.00. The van der Waals surface area contributed by atoms with E-state index in [0.717, 1.165) is 6.61 Å². The van der Waals surface area contributed by atoms with Crippen LogP contribution in [0.15, 0.2) is 0 Å². The molecule has 0 aliphatic carbocycles. The minimum absolute atomic E-state index is 0.0987. The van der Waals surface area contributed by atoms with Crippen molar-refractivity contribution in [1.82, 2.24) is 0 Å². The molecule has 0 aromatic rings. The molecule has 0 saturated carbocycles. The summed E-state index contributed by atoms with van der Waals surface area (Å²) in [7, 11) is -3.83. The van der Waals surface area contributed by atoms with E-state index in [9.17, 15) is 4.57 Å². The van der Waals surface area contributed by atoms with Crippen molar-refractivity contribution in [3.05, 3.63) is 0 Å². The van der Waals surface area contributed by atoms with Gasteiger partial charge in [0.25, 0.3) is 0 Å². The highest BCUT2D eigenvalue weighted by Crippen LogP contribution is 2.34. The number of rotatable bonds is 6. The minimum Gasteiger partial charge on any atom is -0.379 e. The zero-order valence-corrected chi connectivity index (χ0v) is 7.57. The summed E-state index contributed by atoms with van der Waals surface area (Å²) in [5.41, 5.74) is 0. The average molecular weight is 196 g/mol. The Balaban J connectivity index is 1.85. The first-order valence-electron chi connectivity index (χ1n) is 3.82. The average Bonchev–Trinajstić information content (AvgIpc) is 2.68. The third-order valence-corrected chi connectivity index (χ3v) is 2.34. The van der Waals surface area contributed by atoms with Gasteiger partial charge < -0.3 is 19.3 Å². The third kappa shape index (κ3) is 5.69. The van der Waals surface area contributed by atoms with Crippen LogP contribution in [0, 0.1) is 0 Å². The van der Waals surface area contributed by atoms with Gasteiger partial charge in [-0.15, -0.1) is 0 Å². The molecule has 0 aromatic heterocycles. The number of epoxide rings is 1. The summed E-state index contributed by atoms with van der Waals surface area (Å²) in [5.74, 6) is 0. The Labute approximate surface area is 70.8 Å². The van der Waals surface area contributed by atoms with Crippen molar-refractivity contribution in [3.63, 3.8) is 0 Å². The summed E-state index contributed by atoms with van der Waals surface area (Å²) in [5, 5.41) is 0. The maximum absolute atomic E-state index is 10.4. The van der Waals surface area contributed by atoms with E-state index in [2.05, 4.69) is 0 Å². The fourth-order valence-electron chi connectivity index (χ4n) is 0.752. The smallest absolute Gasteiger partial charge is 0.325 e. The Morgan fingerprint density at radius 3 is 2.75 bits per heavy atom. The molecular weight excluding hydrogens is 183 g/mol. The third-order valence-electron chi connectivity index (χ3n) is 1.44. The molecule has 0 radical (unpaired) electrons. The van der Waals surface area contributed by atoms with Gasteiger partial charge in [0, 0.05) is 6.61 Å². The highest BCUT2D eigenvalue weighted by atomic mass is 31.2. The van der Waals surface area contributed by atoms with E-state index in [-0.39, 0.29) is 12.3 Å². The van der Waals surface area contributed by atoms with Crippen LogP contribution in [0.5, 0.6) is 0 Å². The van der Waals surface area contributed by atoms with Crippen LogP contribution in [0.4, 0.5) is 0 Å². The molecule has 2 N–H and O–H groups in total. The van der Waals surface area contributed by atoms with Gasteiger partial charge in [0.1, 0.15) is 6.10 Å². The van der Waals surface area contributed by atoms with E-state index in [1.165, 1.54) is 0 Å². The van der Waals surface area contributed by atoms with Gasteiger partial charge in [0.2, 0.25) is 0 Å². The van der Waals surface area contributed by atoms with Crippen LogP contribution in [0.1, 0.15) is 6.42 Å². The lowest BCUT2D eigenvalue weighted by Crippen LogP contribution is -2.04. The van der Waals surface area contributed by atoms with Crippen LogP contribution in [0.3, 0.4) is 0 Å². The summed E-state index contributed by atoms with van der Waals surface area (Å²) in [6.07, 6.45) is 0.523. The molecule has 6 heteroatoms. The lowest BCUT2D eigenvalue weighted by Gasteiger charge is -2.03. The second-order valence-corrected chi connectivity index (χ2v) is 4.55. The molecule has 0 bridgehead atoms. The van der Waals surface area contributed by atoms with E-state index >= 15 is 0 Å². The highest BCUT2D eigenvalue weighted by Gasteiger charge is 2.22. The van der Waals surface area contributed by atoms with Gasteiger partial charge in [0.15, 0.2) is 0 Å². The molecule has 0 amide bonds. The quantitative estimate of drug-likeness (QED) is 0.354. The molecule has 0 aromatic carbocycles. The van der Waals surface area contributed by atoms with Crippen molar-refractivity contribution < 1.29 is 23.8 Å². The molecule has 1 fully saturated rings. The molecule has 12 heavy (non-hydrogen) atoms. The molecule has 1 atom stereocenters. The summed E-state index contributed by atoms with van der Waals surface area (Å²) < 4.78 is 20.3. The summed E-state index contributed by atoms with van der Waals surface area (Å²) in [6.45, 7) is 1.69. The normalized spacial score (nSPS) is 22.7. The maximum Gasteiger partial charge on any atom is 0.325 e. The fourth-order valence-corrected chi connectivity index (χ4v) is 1.29. The van der Waals surface area contributed by atoms with Gasteiger partial charge in [-0.05, 0) is 6.42 Å². The standard InChI is InChI=1S/C6H13O5P/c7-12(8,9)3-1-2-10-4-6-5-11-6/h6H,1-5H2,(H2,7,8,9). The van der Waals surface area contributed by atoms with E-state index in [1.807, 2.05) is 0 Å². The number of hydrogen-bond acceptors (Lipinski definition) is 3. The van der Waals surface area contributed by atoms with E-state index < -0.39 is 7.60 Å². The van der Waals surface area contributed by atoms with Crippen LogP contribution in [0.25, 0.3) is 0 Å². The predicted molar refractivity (Wildman–Crippen MR) is 42.1 cm³/mol. The van der Waals surface area contributed by atoms with Crippen molar-refractivity contribution in [2.45, 2.75) is 12.5 Å². The second-order valence-electron chi connectivity index (χ2n) is 2.77. The van der Waals surface area contributed by atoms with Crippen LogP contribution < -0.4 is 0 Å². The van der Waals surface area contributed by atoms with Crippen LogP contribution >= 0.6 is 7.60 Å².